The first-order valence-electron chi connectivity index (χ1n) is 9.26. The fraction of sp³-hybridized carbons (Fsp3) is 0.348. The van der Waals surface area contributed by atoms with Gasteiger partial charge in [0.1, 0.15) is 5.75 Å². The van der Waals surface area contributed by atoms with E-state index in [-0.39, 0.29) is 5.56 Å². The molecule has 3 aromatic rings. The Balaban J connectivity index is 1.69. The Morgan fingerprint density at radius 3 is 2.31 bits per heavy atom. The maximum atomic E-state index is 12.5. The van der Waals surface area contributed by atoms with Crippen LogP contribution in [0.15, 0.2) is 47.3 Å². The second kappa shape index (κ2) is 7.77. The van der Waals surface area contributed by atoms with Gasteiger partial charge in [-0.25, -0.2) is 0 Å². The third kappa shape index (κ3) is 3.98. The number of unbranched alkanes of at least 4 members (excludes halogenated alkanes) is 1. The van der Waals surface area contributed by atoms with Crippen molar-refractivity contribution in [1.82, 2.24) is 4.57 Å². The van der Waals surface area contributed by atoms with Crippen LogP contribution in [0, 0.1) is 27.7 Å². The van der Waals surface area contributed by atoms with Crippen LogP contribution >= 0.6 is 0 Å². The molecule has 3 nitrogen and oxygen atoms in total. The predicted molar refractivity (Wildman–Crippen MR) is 108 cm³/mol. The number of aryl methyl sites for hydroxylation is 5. The van der Waals surface area contributed by atoms with E-state index >= 15 is 0 Å². The van der Waals surface area contributed by atoms with E-state index in [1.54, 1.807) is 6.07 Å². The average molecular weight is 349 g/mol. The number of benzene rings is 2. The Labute approximate surface area is 155 Å². The molecule has 1 aromatic heterocycles. The van der Waals surface area contributed by atoms with Crippen LogP contribution in [0.3, 0.4) is 0 Å². The highest BCUT2D eigenvalue weighted by Gasteiger charge is 2.09. The van der Waals surface area contributed by atoms with E-state index < -0.39 is 0 Å². The summed E-state index contributed by atoms with van der Waals surface area (Å²) in [5.74, 6) is 0.903. The molecule has 0 radical (unpaired) electrons. The summed E-state index contributed by atoms with van der Waals surface area (Å²) < 4.78 is 7.71. The van der Waals surface area contributed by atoms with Gasteiger partial charge >= 0.3 is 0 Å². The van der Waals surface area contributed by atoms with Gasteiger partial charge in [0.2, 0.25) is 0 Å². The van der Waals surface area contributed by atoms with Crippen molar-refractivity contribution in [2.24, 2.45) is 0 Å². The van der Waals surface area contributed by atoms with E-state index in [9.17, 15) is 4.79 Å². The van der Waals surface area contributed by atoms with E-state index in [1.807, 2.05) is 23.6 Å². The lowest BCUT2D eigenvalue weighted by molar-refractivity contribution is 0.303. The van der Waals surface area contributed by atoms with Crippen LogP contribution in [0.1, 0.15) is 35.1 Å². The summed E-state index contributed by atoms with van der Waals surface area (Å²) >= 11 is 0. The molecule has 0 atom stereocenters. The number of aromatic nitrogens is 1. The van der Waals surface area contributed by atoms with Gasteiger partial charge in [-0.05, 0) is 69.9 Å². The van der Waals surface area contributed by atoms with Gasteiger partial charge < -0.3 is 9.30 Å². The first-order chi connectivity index (χ1) is 12.5. The number of rotatable bonds is 6. The van der Waals surface area contributed by atoms with Crippen molar-refractivity contribution in [3.8, 4) is 5.75 Å². The third-order valence-electron chi connectivity index (χ3n) is 4.81. The van der Waals surface area contributed by atoms with E-state index in [4.69, 9.17) is 4.74 Å². The number of pyridine rings is 1. The molecular formula is C23H27NO2. The van der Waals surface area contributed by atoms with Crippen molar-refractivity contribution in [3.05, 3.63) is 75.1 Å². The summed E-state index contributed by atoms with van der Waals surface area (Å²) in [6, 6.07) is 14.2. The highest BCUT2D eigenvalue weighted by Crippen LogP contribution is 2.22. The molecule has 136 valence electrons. The molecule has 0 aliphatic carbocycles. The van der Waals surface area contributed by atoms with Crippen LogP contribution < -0.4 is 10.3 Å². The number of ether oxygens (including phenoxy) is 1. The number of fused-ring (bicyclic) bond motifs is 1. The zero-order valence-corrected chi connectivity index (χ0v) is 16.1. The van der Waals surface area contributed by atoms with Gasteiger partial charge in [-0.3, -0.25) is 4.79 Å². The second-order valence-corrected chi connectivity index (χ2v) is 7.16. The topological polar surface area (TPSA) is 31.2 Å². The first-order valence-corrected chi connectivity index (χ1v) is 9.26. The van der Waals surface area contributed by atoms with Gasteiger partial charge in [0, 0.05) is 18.0 Å². The molecular weight excluding hydrogens is 322 g/mol. The minimum Gasteiger partial charge on any atom is -0.494 e. The predicted octanol–water partition coefficient (Wildman–Crippen LogP) is 5.09. The van der Waals surface area contributed by atoms with Crippen molar-refractivity contribution in [2.75, 3.05) is 6.61 Å². The first kappa shape index (κ1) is 18.2. The molecule has 3 heteroatoms. The lowest BCUT2D eigenvalue weighted by Gasteiger charge is -2.15. The quantitative estimate of drug-likeness (QED) is 0.580. The van der Waals surface area contributed by atoms with E-state index in [0.29, 0.717) is 6.61 Å². The fourth-order valence-electron chi connectivity index (χ4n) is 3.49. The zero-order chi connectivity index (χ0) is 18.7. The van der Waals surface area contributed by atoms with Crippen molar-refractivity contribution >= 4 is 10.9 Å². The number of hydrogen-bond acceptors (Lipinski definition) is 2. The number of nitrogens with zero attached hydrogens (tertiary/aromatic N) is 1. The summed E-state index contributed by atoms with van der Waals surface area (Å²) in [5, 5.41) is 1.18. The zero-order valence-electron chi connectivity index (χ0n) is 16.1. The maximum Gasteiger partial charge on any atom is 0.251 e. The maximum absolute atomic E-state index is 12.5. The molecule has 26 heavy (non-hydrogen) atoms. The van der Waals surface area contributed by atoms with Crippen LogP contribution in [0.5, 0.6) is 5.75 Å². The minimum absolute atomic E-state index is 0.0846. The summed E-state index contributed by atoms with van der Waals surface area (Å²) in [5.41, 5.74) is 5.83. The largest absolute Gasteiger partial charge is 0.494 e. The van der Waals surface area contributed by atoms with Crippen molar-refractivity contribution in [3.63, 3.8) is 0 Å². The van der Waals surface area contributed by atoms with Crippen LogP contribution in [0.4, 0.5) is 0 Å². The highest BCUT2D eigenvalue weighted by atomic mass is 16.5. The second-order valence-electron chi connectivity index (χ2n) is 7.16. The normalized spacial score (nSPS) is 11.1. The van der Waals surface area contributed by atoms with Crippen molar-refractivity contribution in [2.45, 2.75) is 47.1 Å². The van der Waals surface area contributed by atoms with Crippen LogP contribution in [-0.4, -0.2) is 11.2 Å². The Morgan fingerprint density at radius 2 is 1.58 bits per heavy atom. The van der Waals surface area contributed by atoms with Crippen molar-refractivity contribution in [1.29, 1.82) is 0 Å². The molecule has 0 bridgehead atoms. The molecule has 0 aliphatic heterocycles. The monoisotopic (exact) mass is 349 g/mol. The molecule has 0 saturated carbocycles. The fourth-order valence-corrected chi connectivity index (χ4v) is 3.49. The SMILES string of the molecule is Cc1ccc(OCCCCn2c(=O)cc(C)c3cc(C)cc(C)c32)cc1. The van der Waals surface area contributed by atoms with E-state index in [2.05, 4.69) is 45.0 Å². The van der Waals surface area contributed by atoms with Crippen molar-refractivity contribution < 1.29 is 4.74 Å². The Hall–Kier alpha value is -2.55. The number of hydrogen-bond donors (Lipinski definition) is 0. The van der Waals surface area contributed by atoms with Gasteiger partial charge in [0.25, 0.3) is 5.56 Å². The smallest absolute Gasteiger partial charge is 0.251 e. The lowest BCUT2D eigenvalue weighted by atomic mass is 10.0. The molecule has 0 aliphatic rings. The summed E-state index contributed by atoms with van der Waals surface area (Å²) in [6.45, 7) is 9.66. The summed E-state index contributed by atoms with van der Waals surface area (Å²) in [6.07, 6.45) is 1.83. The molecule has 0 unspecified atom stereocenters. The van der Waals surface area contributed by atoms with Crippen LogP contribution in [-0.2, 0) is 6.54 Å². The third-order valence-corrected chi connectivity index (χ3v) is 4.81. The van der Waals surface area contributed by atoms with Crippen LogP contribution in [0.2, 0.25) is 0 Å². The summed E-state index contributed by atoms with van der Waals surface area (Å²) in [4.78, 5) is 12.5. The molecule has 0 amide bonds. The Bertz CT molecular complexity index is 968. The molecule has 0 fully saturated rings. The van der Waals surface area contributed by atoms with Crippen LogP contribution in [0.25, 0.3) is 10.9 Å². The van der Waals surface area contributed by atoms with Gasteiger partial charge in [0.05, 0.1) is 12.1 Å². The minimum atomic E-state index is 0.0846. The molecule has 0 spiro atoms. The summed E-state index contributed by atoms with van der Waals surface area (Å²) in [7, 11) is 0. The molecule has 3 rings (SSSR count). The molecule has 0 saturated heterocycles. The van der Waals surface area contributed by atoms with Gasteiger partial charge in [0.15, 0.2) is 0 Å². The van der Waals surface area contributed by atoms with E-state index in [0.717, 1.165) is 41.8 Å². The van der Waals surface area contributed by atoms with E-state index in [1.165, 1.54) is 16.5 Å². The highest BCUT2D eigenvalue weighted by molar-refractivity contribution is 5.86. The Kier molecular flexibility index (Phi) is 5.46. The standard InChI is InChI=1S/C23H27NO2/c1-16-7-9-20(10-8-16)26-12-6-5-11-24-22(25)15-18(3)21-14-17(2)13-19(4)23(21)24/h7-10,13-15H,5-6,11-12H2,1-4H3. The Morgan fingerprint density at radius 1 is 0.846 bits per heavy atom. The molecule has 0 N–H and O–H groups in total. The van der Waals surface area contributed by atoms with Gasteiger partial charge in [-0.1, -0.05) is 29.3 Å². The van der Waals surface area contributed by atoms with Gasteiger partial charge in [-0.2, -0.15) is 0 Å². The molecule has 1 heterocycles. The lowest BCUT2D eigenvalue weighted by Crippen LogP contribution is -2.21. The average Bonchev–Trinajstić information content (AvgIpc) is 2.59. The molecule has 2 aromatic carbocycles. The van der Waals surface area contributed by atoms with Gasteiger partial charge in [-0.15, -0.1) is 0 Å².